The van der Waals surface area contributed by atoms with Crippen molar-refractivity contribution >= 4 is 17.2 Å². The highest BCUT2D eigenvalue weighted by Gasteiger charge is 2.06. The van der Waals surface area contributed by atoms with Gasteiger partial charge >= 0.3 is 0 Å². The number of rotatable bonds is 2. The number of methoxy groups -OCH3 is 1. The molecule has 0 atom stereocenters. The molecule has 1 N–H and O–H groups in total. The van der Waals surface area contributed by atoms with E-state index in [2.05, 4.69) is 4.98 Å². The van der Waals surface area contributed by atoms with Gasteiger partial charge in [-0.3, -0.25) is 0 Å². The van der Waals surface area contributed by atoms with Gasteiger partial charge in [0.25, 0.3) is 0 Å². The number of ether oxygens (including phenoxy) is 1. The van der Waals surface area contributed by atoms with E-state index in [4.69, 9.17) is 9.15 Å². The summed E-state index contributed by atoms with van der Waals surface area (Å²) in [5, 5.41) is 9.38. The molecular formula is C15H13NO3. The minimum atomic E-state index is 0.174. The van der Waals surface area contributed by atoms with Crippen molar-refractivity contribution in [3.8, 4) is 5.75 Å². The van der Waals surface area contributed by atoms with Crippen LogP contribution >= 0.6 is 0 Å². The highest BCUT2D eigenvalue weighted by molar-refractivity contribution is 5.75. The van der Waals surface area contributed by atoms with E-state index in [-0.39, 0.29) is 5.75 Å². The number of oxazole rings is 1. The van der Waals surface area contributed by atoms with Crippen molar-refractivity contribution in [3.05, 3.63) is 53.7 Å². The van der Waals surface area contributed by atoms with Gasteiger partial charge in [-0.2, -0.15) is 0 Å². The molecule has 1 aliphatic rings. The molecule has 1 heterocycles. The van der Waals surface area contributed by atoms with Crippen LogP contribution in [0, 0.1) is 0 Å². The Labute approximate surface area is 110 Å². The fourth-order valence-corrected chi connectivity index (χ4v) is 1.95. The Hall–Kier alpha value is -2.49. The van der Waals surface area contributed by atoms with Gasteiger partial charge in [-0.15, -0.1) is 0 Å². The number of nitrogens with zero attached hydrogens (tertiary/aromatic N) is 1. The van der Waals surface area contributed by atoms with Crippen LogP contribution in [0.4, 0.5) is 0 Å². The lowest BCUT2D eigenvalue weighted by atomic mass is 10.1. The molecule has 3 rings (SSSR count). The lowest BCUT2D eigenvalue weighted by Crippen LogP contribution is -1.89. The third-order valence-electron chi connectivity index (χ3n) is 2.93. The first kappa shape index (κ1) is 11.6. The van der Waals surface area contributed by atoms with Gasteiger partial charge in [-0.05, 0) is 36.3 Å². The van der Waals surface area contributed by atoms with Crippen LogP contribution in [0.25, 0.3) is 17.2 Å². The van der Waals surface area contributed by atoms with Gasteiger partial charge in [0.1, 0.15) is 17.0 Å². The molecule has 0 saturated carbocycles. The molecule has 1 aliphatic carbocycles. The Kier molecular flexibility index (Phi) is 2.83. The van der Waals surface area contributed by atoms with Crippen LogP contribution in [-0.2, 0) is 4.74 Å². The third kappa shape index (κ3) is 2.38. The predicted molar refractivity (Wildman–Crippen MR) is 72.5 cm³/mol. The second-order valence-corrected chi connectivity index (χ2v) is 4.27. The average Bonchev–Trinajstić information content (AvgIpc) is 2.81. The average molecular weight is 255 g/mol. The smallest absolute Gasteiger partial charge is 0.220 e. The number of phenols is 1. The van der Waals surface area contributed by atoms with Crippen LogP contribution in [-0.4, -0.2) is 17.2 Å². The van der Waals surface area contributed by atoms with E-state index in [1.54, 1.807) is 25.3 Å². The first-order valence-corrected chi connectivity index (χ1v) is 5.97. The summed E-state index contributed by atoms with van der Waals surface area (Å²) in [6, 6.07) is 4.88. The number of benzene rings is 1. The fourth-order valence-electron chi connectivity index (χ4n) is 1.95. The van der Waals surface area contributed by atoms with Crippen LogP contribution in [0.1, 0.15) is 12.3 Å². The molecule has 0 unspecified atom stereocenters. The van der Waals surface area contributed by atoms with Crippen molar-refractivity contribution in [1.82, 2.24) is 4.98 Å². The molecule has 0 spiro atoms. The summed E-state index contributed by atoms with van der Waals surface area (Å²) in [5.74, 6) is 1.57. The third-order valence-corrected chi connectivity index (χ3v) is 2.93. The molecular weight excluding hydrogens is 242 g/mol. The van der Waals surface area contributed by atoms with Gasteiger partial charge in [-0.1, -0.05) is 6.08 Å². The van der Waals surface area contributed by atoms with Crippen molar-refractivity contribution in [2.45, 2.75) is 6.42 Å². The minimum absolute atomic E-state index is 0.174. The van der Waals surface area contributed by atoms with Gasteiger partial charge in [-0.25, -0.2) is 4.98 Å². The molecule has 1 aromatic carbocycles. The van der Waals surface area contributed by atoms with Crippen LogP contribution in [0.2, 0.25) is 0 Å². The number of hydrogen-bond donors (Lipinski definition) is 1. The maximum absolute atomic E-state index is 9.38. The van der Waals surface area contributed by atoms with Crippen LogP contribution in [0.5, 0.6) is 5.75 Å². The summed E-state index contributed by atoms with van der Waals surface area (Å²) < 4.78 is 10.7. The lowest BCUT2D eigenvalue weighted by molar-refractivity contribution is 0.304. The summed E-state index contributed by atoms with van der Waals surface area (Å²) in [4.78, 5) is 4.35. The molecule has 0 bridgehead atoms. The Bertz CT molecular complexity index is 707. The number of aromatic hydroxyl groups is 1. The van der Waals surface area contributed by atoms with Crippen molar-refractivity contribution < 1.29 is 14.3 Å². The van der Waals surface area contributed by atoms with Gasteiger partial charge in [0.15, 0.2) is 5.58 Å². The maximum atomic E-state index is 9.38. The number of aromatic nitrogens is 1. The zero-order valence-corrected chi connectivity index (χ0v) is 10.5. The second kappa shape index (κ2) is 4.65. The monoisotopic (exact) mass is 255 g/mol. The molecule has 0 aliphatic heterocycles. The topological polar surface area (TPSA) is 55.5 Å². The van der Waals surface area contributed by atoms with E-state index in [9.17, 15) is 5.11 Å². The van der Waals surface area contributed by atoms with Gasteiger partial charge in [0.05, 0.1) is 7.11 Å². The molecule has 1 aromatic heterocycles. The molecule has 19 heavy (non-hydrogen) atoms. The summed E-state index contributed by atoms with van der Waals surface area (Å²) in [5.41, 5.74) is 2.41. The number of allylic oxidation sites excluding steroid dienone is 4. The number of phenolic OH excluding ortho intramolecular Hbond substituents is 1. The molecule has 2 aromatic rings. The summed E-state index contributed by atoms with van der Waals surface area (Å²) in [7, 11) is 1.65. The Morgan fingerprint density at radius 2 is 2.26 bits per heavy atom. The molecule has 0 amide bonds. The number of fused-ring (bicyclic) bond motifs is 1. The Morgan fingerprint density at radius 1 is 1.37 bits per heavy atom. The van der Waals surface area contributed by atoms with Crippen LogP contribution < -0.4 is 0 Å². The summed E-state index contributed by atoms with van der Waals surface area (Å²) in [6.45, 7) is 0. The van der Waals surface area contributed by atoms with Gasteiger partial charge in [0, 0.05) is 12.1 Å². The van der Waals surface area contributed by atoms with Crippen molar-refractivity contribution in [3.63, 3.8) is 0 Å². The lowest BCUT2D eigenvalue weighted by Gasteiger charge is -2.06. The van der Waals surface area contributed by atoms with E-state index in [0.29, 0.717) is 11.5 Å². The fraction of sp³-hybridized carbons (Fsp3) is 0.133. The Balaban J connectivity index is 1.90. The molecule has 0 saturated heterocycles. The highest BCUT2D eigenvalue weighted by atomic mass is 16.5. The molecule has 4 heteroatoms. The van der Waals surface area contributed by atoms with E-state index >= 15 is 0 Å². The quantitative estimate of drug-likeness (QED) is 0.893. The predicted octanol–water partition coefficient (Wildman–Crippen LogP) is 3.41. The summed E-state index contributed by atoms with van der Waals surface area (Å²) in [6.07, 6.45) is 8.55. The van der Waals surface area contributed by atoms with Crippen LogP contribution in [0.15, 0.2) is 52.2 Å². The largest absolute Gasteiger partial charge is 0.508 e. The van der Waals surface area contributed by atoms with E-state index in [0.717, 1.165) is 23.3 Å². The second-order valence-electron chi connectivity index (χ2n) is 4.27. The highest BCUT2D eigenvalue weighted by Crippen LogP contribution is 2.23. The number of hydrogen-bond acceptors (Lipinski definition) is 4. The maximum Gasteiger partial charge on any atom is 0.220 e. The SMILES string of the molecule is COC1=CCC(=Cc2nc3ccc(O)cc3o2)C=C1. The van der Waals surface area contributed by atoms with Crippen molar-refractivity contribution in [2.24, 2.45) is 0 Å². The Morgan fingerprint density at radius 3 is 3.00 bits per heavy atom. The standard InChI is InChI=1S/C15H13NO3/c1-18-12-5-2-10(3-6-12)8-15-16-13-7-4-11(17)9-14(13)19-15/h2,4-9,17H,3H2,1H3. The minimum Gasteiger partial charge on any atom is -0.508 e. The molecule has 4 nitrogen and oxygen atoms in total. The zero-order valence-electron chi connectivity index (χ0n) is 10.5. The van der Waals surface area contributed by atoms with E-state index in [1.807, 2.05) is 24.3 Å². The first-order chi connectivity index (χ1) is 9.24. The van der Waals surface area contributed by atoms with Crippen LogP contribution in [0.3, 0.4) is 0 Å². The van der Waals surface area contributed by atoms with Crippen molar-refractivity contribution in [1.29, 1.82) is 0 Å². The molecule has 96 valence electrons. The summed E-state index contributed by atoms with van der Waals surface area (Å²) >= 11 is 0. The normalized spacial score (nSPS) is 16.9. The zero-order chi connectivity index (χ0) is 13.2. The van der Waals surface area contributed by atoms with Crippen molar-refractivity contribution in [2.75, 3.05) is 7.11 Å². The molecule has 0 fully saturated rings. The van der Waals surface area contributed by atoms with E-state index in [1.165, 1.54) is 0 Å². The molecule has 0 radical (unpaired) electrons. The van der Waals surface area contributed by atoms with Gasteiger partial charge < -0.3 is 14.3 Å². The first-order valence-electron chi connectivity index (χ1n) is 5.97. The van der Waals surface area contributed by atoms with E-state index < -0.39 is 0 Å². The van der Waals surface area contributed by atoms with Gasteiger partial charge in [0.2, 0.25) is 5.89 Å².